The fourth-order valence-corrected chi connectivity index (χ4v) is 1.94. The van der Waals surface area contributed by atoms with Gasteiger partial charge in [-0.05, 0) is 36.8 Å². The summed E-state index contributed by atoms with van der Waals surface area (Å²) in [6.45, 7) is 1.58. The summed E-state index contributed by atoms with van der Waals surface area (Å²) >= 11 is 5.90. The van der Waals surface area contributed by atoms with E-state index < -0.39 is 10.8 Å². The Morgan fingerprint density at radius 3 is 2.83 bits per heavy atom. The van der Waals surface area contributed by atoms with E-state index in [0.29, 0.717) is 10.8 Å². The number of nitro benzene ring substituents is 1. The molecule has 7 nitrogen and oxygen atoms in total. The molecule has 0 atom stereocenters. The number of carbonyl (C=O) groups excluding carboxylic acids is 1. The SMILES string of the molecule is Cc1cc(OCC(=O)N/N=C\c2ccccc2[N+](=O)[O-])ccc1Cl. The summed E-state index contributed by atoms with van der Waals surface area (Å²) in [6.07, 6.45) is 1.21. The quantitative estimate of drug-likeness (QED) is 0.493. The predicted octanol–water partition coefficient (Wildman–Crippen LogP) is 3.09. The molecule has 0 radical (unpaired) electrons. The van der Waals surface area contributed by atoms with Crippen molar-refractivity contribution in [3.63, 3.8) is 0 Å². The van der Waals surface area contributed by atoms with E-state index in [1.54, 1.807) is 30.3 Å². The van der Waals surface area contributed by atoms with Crippen LogP contribution in [-0.2, 0) is 4.79 Å². The zero-order chi connectivity index (χ0) is 17.5. The Bertz CT molecular complexity index is 793. The third-order valence-electron chi connectivity index (χ3n) is 3.03. The van der Waals surface area contributed by atoms with Crippen molar-refractivity contribution >= 4 is 29.4 Å². The number of hydrogen-bond acceptors (Lipinski definition) is 5. The Morgan fingerprint density at radius 1 is 1.38 bits per heavy atom. The van der Waals surface area contributed by atoms with Crippen LogP contribution in [0, 0.1) is 17.0 Å². The Balaban J connectivity index is 1.89. The molecule has 124 valence electrons. The number of rotatable bonds is 6. The molecule has 24 heavy (non-hydrogen) atoms. The van der Waals surface area contributed by atoms with E-state index in [4.69, 9.17) is 16.3 Å². The van der Waals surface area contributed by atoms with E-state index in [9.17, 15) is 14.9 Å². The number of hydrogen-bond donors (Lipinski definition) is 1. The molecule has 0 unspecified atom stereocenters. The molecule has 2 rings (SSSR count). The van der Waals surface area contributed by atoms with Crippen LogP contribution < -0.4 is 10.2 Å². The Morgan fingerprint density at radius 2 is 2.12 bits per heavy atom. The zero-order valence-corrected chi connectivity index (χ0v) is 13.5. The molecule has 8 heteroatoms. The first-order valence-corrected chi connectivity index (χ1v) is 7.29. The number of nitrogens with one attached hydrogen (secondary N) is 1. The summed E-state index contributed by atoms with van der Waals surface area (Å²) in [7, 11) is 0. The van der Waals surface area contributed by atoms with Crippen molar-refractivity contribution in [2.45, 2.75) is 6.92 Å². The molecule has 0 saturated heterocycles. The number of amides is 1. The van der Waals surface area contributed by atoms with Gasteiger partial charge in [-0.3, -0.25) is 14.9 Å². The second kappa shape index (κ2) is 8.07. The van der Waals surface area contributed by atoms with Gasteiger partial charge in [0.2, 0.25) is 0 Å². The number of aryl methyl sites for hydroxylation is 1. The second-order valence-corrected chi connectivity index (χ2v) is 5.22. The number of ether oxygens (including phenoxy) is 1. The molecule has 0 aromatic heterocycles. The van der Waals surface area contributed by atoms with Gasteiger partial charge in [0.25, 0.3) is 11.6 Å². The molecule has 0 aliphatic rings. The first-order chi connectivity index (χ1) is 11.5. The van der Waals surface area contributed by atoms with Crippen molar-refractivity contribution in [3.8, 4) is 5.75 Å². The summed E-state index contributed by atoms with van der Waals surface area (Å²) in [5.41, 5.74) is 3.28. The number of hydrazone groups is 1. The highest BCUT2D eigenvalue weighted by atomic mass is 35.5. The summed E-state index contributed by atoms with van der Waals surface area (Å²) in [4.78, 5) is 22.0. The van der Waals surface area contributed by atoms with Crippen molar-refractivity contribution in [1.29, 1.82) is 0 Å². The number of benzene rings is 2. The van der Waals surface area contributed by atoms with E-state index in [1.165, 1.54) is 18.3 Å². The maximum absolute atomic E-state index is 11.7. The average molecular weight is 348 g/mol. The van der Waals surface area contributed by atoms with E-state index in [1.807, 2.05) is 6.92 Å². The minimum Gasteiger partial charge on any atom is -0.484 e. The van der Waals surface area contributed by atoms with E-state index in [2.05, 4.69) is 10.5 Å². The first-order valence-electron chi connectivity index (χ1n) is 6.91. The van der Waals surface area contributed by atoms with Crippen LogP contribution in [0.3, 0.4) is 0 Å². The van der Waals surface area contributed by atoms with Crippen molar-refractivity contribution in [1.82, 2.24) is 5.43 Å². The lowest BCUT2D eigenvalue weighted by Gasteiger charge is -2.06. The summed E-state index contributed by atoms with van der Waals surface area (Å²) < 4.78 is 5.32. The minimum atomic E-state index is -0.519. The Labute approximate surface area is 143 Å². The van der Waals surface area contributed by atoms with Crippen LogP contribution in [0.4, 0.5) is 5.69 Å². The number of halogens is 1. The van der Waals surface area contributed by atoms with Gasteiger partial charge < -0.3 is 4.74 Å². The lowest BCUT2D eigenvalue weighted by Crippen LogP contribution is -2.24. The molecule has 2 aromatic rings. The third kappa shape index (κ3) is 4.79. The molecule has 1 N–H and O–H groups in total. The Hall–Kier alpha value is -2.93. The fraction of sp³-hybridized carbons (Fsp3) is 0.125. The Kier molecular flexibility index (Phi) is 5.86. The predicted molar refractivity (Wildman–Crippen MR) is 90.5 cm³/mol. The van der Waals surface area contributed by atoms with Gasteiger partial charge in [0, 0.05) is 11.1 Å². The molecule has 0 spiro atoms. The van der Waals surface area contributed by atoms with Crippen LogP contribution in [0.15, 0.2) is 47.6 Å². The van der Waals surface area contributed by atoms with Crippen LogP contribution in [0.5, 0.6) is 5.75 Å². The van der Waals surface area contributed by atoms with Gasteiger partial charge in [-0.25, -0.2) is 5.43 Å². The highest BCUT2D eigenvalue weighted by Gasteiger charge is 2.10. The molecule has 0 aliphatic heterocycles. The number of nitrogens with zero attached hydrogens (tertiary/aromatic N) is 2. The largest absolute Gasteiger partial charge is 0.484 e. The van der Waals surface area contributed by atoms with Crippen LogP contribution in [-0.4, -0.2) is 23.7 Å². The highest BCUT2D eigenvalue weighted by molar-refractivity contribution is 6.31. The summed E-state index contributed by atoms with van der Waals surface area (Å²) in [6, 6.07) is 11.1. The van der Waals surface area contributed by atoms with Crippen molar-refractivity contribution in [2.24, 2.45) is 5.10 Å². The first kappa shape index (κ1) is 17.4. The monoisotopic (exact) mass is 347 g/mol. The molecule has 0 aliphatic carbocycles. The van der Waals surface area contributed by atoms with Gasteiger partial charge in [0.05, 0.1) is 16.7 Å². The second-order valence-electron chi connectivity index (χ2n) is 4.81. The van der Waals surface area contributed by atoms with Crippen LogP contribution in [0.1, 0.15) is 11.1 Å². The van der Waals surface area contributed by atoms with E-state index in [-0.39, 0.29) is 17.9 Å². The highest BCUT2D eigenvalue weighted by Crippen LogP contribution is 2.20. The molecular weight excluding hydrogens is 334 g/mol. The standard InChI is InChI=1S/C16H14ClN3O4/c1-11-8-13(6-7-14(11)17)24-10-16(21)19-18-9-12-4-2-3-5-15(12)20(22)23/h2-9H,10H2,1H3,(H,19,21)/b18-9-. The molecule has 0 bridgehead atoms. The average Bonchev–Trinajstić information content (AvgIpc) is 2.56. The van der Waals surface area contributed by atoms with Crippen molar-refractivity contribution in [3.05, 3.63) is 68.7 Å². The lowest BCUT2D eigenvalue weighted by molar-refractivity contribution is -0.385. The molecule has 1 amide bonds. The van der Waals surface area contributed by atoms with Crippen molar-refractivity contribution in [2.75, 3.05) is 6.61 Å². The minimum absolute atomic E-state index is 0.0941. The number of para-hydroxylation sites is 1. The van der Waals surface area contributed by atoms with Crippen molar-refractivity contribution < 1.29 is 14.5 Å². The van der Waals surface area contributed by atoms with Gasteiger partial charge in [0.1, 0.15) is 5.75 Å². The molecular formula is C16H14ClN3O4. The number of carbonyl (C=O) groups is 1. The van der Waals surface area contributed by atoms with E-state index >= 15 is 0 Å². The topological polar surface area (TPSA) is 93.8 Å². The lowest BCUT2D eigenvalue weighted by atomic mass is 10.2. The maximum Gasteiger partial charge on any atom is 0.278 e. The van der Waals surface area contributed by atoms with Gasteiger partial charge in [-0.2, -0.15) is 5.10 Å². The van der Waals surface area contributed by atoms with Crippen LogP contribution >= 0.6 is 11.6 Å². The zero-order valence-electron chi connectivity index (χ0n) is 12.7. The van der Waals surface area contributed by atoms with Gasteiger partial charge in [-0.15, -0.1) is 0 Å². The van der Waals surface area contributed by atoms with Crippen LogP contribution in [0.2, 0.25) is 5.02 Å². The molecule has 0 saturated carbocycles. The molecule has 0 heterocycles. The normalized spacial score (nSPS) is 10.6. The smallest absolute Gasteiger partial charge is 0.278 e. The fourth-order valence-electron chi connectivity index (χ4n) is 1.82. The van der Waals surface area contributed by atoms with Gasteiger partial charge >= 0.3 is 0 Å². The van der Waals surface area contributed by atoms with Gasteiger partial charge in [-0.1, -0.05) is 23.7 Å². The summed E-state index contributed by atoms with van der Waals surface area (Å²) in [5, 5.41) is 15.2. The number of nitro groups is 1. The van der Waals surface area contributed by atoms with E-state index in [0.717, 1.165) is 5.56 Å². The third-order valence-corrected chi connectivity index (χ3v) is 3.45. The molecule has 2 aromatic carbocycles. The van der Waals surface area contributed by atoms with Gasteiger partial charge in [0.15, 0.2) is 6.61 Å². The molecule has 0 fully saturated rings. The summed E-state index contributed by atoms with van der Waals surface area (Å²) in [5.74, 6) is 0.0205. The maximum atomic E-state index is 11.7. The van der Waals surface area contributed by atoms with Crippen LogP contribution in [0.25, 0.3) is 0 Å².